The van der Waals surface area contributed by atoms with Crippen molar-refractivity contribution < 1.29 is 17.0 Å². The number of nitrogens with zero attached hydrogens (tertiary/aromatic N) is 2. The van der Waals surface area contributed by atoms with Crippen LogP contribution < -0.4 is 17.0 Å². The molecule has 2 heterocycles. The van der Waals surface area contributed by atoms with E-state index in [1.807, 2.05) is 0 Å². The zero-order valence-electron chi connectivity index (χ0n) is 18.0. The van der Waals surface area contributed by atoms with Crippen molar-refractivity contribution in [3.63, 3.8) is 0 Å². The fraction of sp³-hybridized carbons (Fsp3) is 0.222. The van der Waals surface area contributed by atoms with Crippen molar-refractivity contribution in [3.05, 3.63) is 78.6 Å². The predicted molar refractivity (Wildman–Crippen MR) is 123 cm³/mol. The van der Waals surface area contributed by atoms with Crippen LogP contribution in [0.5, 0.6) is 0 Å². The van der Waals surface area contributed by atoms with E-state index in [0.717, 1.165) is 6.54 Å². The number of aromatic nitrogens is 2. The van der Waals surface area contributed by atoms with Gasteiger partial charge in [-0.15, -0.1) is 0 Å². The smallest absolute Gasteiger partial charge is 0.212 e. The molecule has 0 saturated heterocycles. The Hall–Kier alpha value is -2.84. The molecule has 0 fully saturated rings. The van der Waals surface area contributed by atoms with Crippen LogP contribution >= 0.6 is 0 Å². The van der Waals surface area contributed by atoms with Gasteiger partial charge in [-0.25, -0.2) is 4.57 Å². The molecule has 5 rings (SSSR count). The molecular formula is C27H27ClN2. The van der Waals surface area contributed by atoms with Crippen LogP contribution in [0.2, 0.25) is 0 Å². The Morgan fingerprint density at radius 1 is 0.833 bits per heavy atom. The molecule has 152 valence electrons. The van der Waals surface area contributed by atoms with E-state index in [2.05, 4.69) is 110 Å². The first-order valence-corrected chi connectivity index (χ1v) is 10.4. The van der Waals surface area contributed by atoms with Crippen molar-refractivity contribution in [3.8, 4) is 11.1 Å². The van der Waals surface area contributed by atoms with E-state index in [-0.39, 0.29) is 12.4 Å². The van der Waals surface area contributed by atoms with E-state index in [4.69, 9.17) is 0 Å². The summed E-state index contributed by atoms with van der Waals surface area (Å²) in [5.74, 6) is 0.629. The minimum Gasteiger partial charge on any atom is -1.00 e. The van der Waals surface area contributed by atoms with Crippen molar-refractivity contribution in [1.29, 1.82) is 0 Å². The number of hydrogen-bond donors (Lipinski definition) is 0. The summed E-state index contributed by atoms with van der Waals surface area (Å²) < 4.78 is 4.61. The molecule has 0 unspecified atom stereocenters. The van der Waals surface area contributed by atoms with Gasteiger partial charge in [0, 0.05) is 35.1 Å². The number of pyridine rings is 1. The summed E-state index contributed by atoms with van der Waals surface area (Å²) in [6.07, 6.45) is 4.44. The third-order valence-corrected chi connectivity index (χ3v) is 5.88. The lowest BCUT2D eigenvalue weighted by Gasteiger charge is -2.10. The number of benzene rings is 3. The zero-order chi connectivity index (χ0) is 20.1. The quantitative estimate of drug-likeness (QED) is 0.316. The van der Waals surface area contributed by atoms with Gasteiger partial charge in [0.25, 0.3) is 0 Å². The van der Waals surface area contributed by atoms with Crippen LogP contribution in [0.4, 0.5) is 0 Å². The Kier molecular flexibility index (Phi) is 5.29. The molecule has 0 saturated carbocycles. The second-order valence-electron chi connectivity index (χ2n) is 8.70. The Morgan fingerprint density at radius 2 is 1.57 bits per heavy atom. The second kappa shape index (κ2) is 7.77. The molecule has 2 nitrogen and oxygen atoms in total. The molecule has 0 aliphatic heterocycles. The minimum absolute atomic E-state index is 0. The topological polar surface area (TPSA) is 8.81 Å². The highest BCUT2D eigenvalue weighted by atomic mass is 35.5. The molecule has 0 N–H and O–H groups in total. The Labute approximate surface area is 184 Å². The monoisotopic (exact) mass is 414 g/mol. The van der Waals surface area contributed by atoms with Crippen molar-refractivity contribution in [2.45, 2.75) is 27.3 Å². The van der Waals surface area contributed by atoms with Crippen LogP contribution in [0, 0.1) is 12.8 Å². The van der Waals surface area contributed by atoms with E-state index < -0.39 is 0 Å². The summed E-state index contributed by atoms with van der Waals surface area (Å²) in [4.78, 5) is 0. The number of halogens is 1. The maximum atomic E-state index is 2.38. The summed E-state index contributed by atoms with van der Waals surface area (Å²) in [5.41, 5.74) is 6.42. The molecule has 0 bridgehead atoms. The highest BCUT2D eigenvalue weighted by Gasteiger charge is 2.13. The molecule has 2 aromatic heterocycles. The molecule has 3 aromatic carbocycles. The predicted octanol–water partition coefficient (Wildman–Crippen LogP) is 3.41. The Bertz CT molecular complexity index is 1380. The summed E-state index contributed by atoms with van der Waals surface area (Å²) in [6, 6.07) is 22.6. The van der Waals surface area contributed by atoms with Gasteiger partial charge < -0.3 is 17.0 Å². The fourth-order valence-electron chi connectivity index (χ4n) is 4.45. The lowest BCUT2D eigenvalue weighted by Crippen LogP contribution is -3.00. The van der Waals surface area contributed by atoms with Crippen LogP contribution in [0.15, 0.2) is 73.1 Å². The summed E-state index contributed by atoms with van der Waals surface area (Å²) in [6.45, 7) is 7.75. The lowest BCUT2D eigenvalue weighted by molar-refractivity contribution is -0.643. The molecule has 3 heteroatoms. The van der Waals surface area contributed by atoms with Gasteiger partial charge in [-0.1, -0.05) is 43.7 Å². The van der Waals surface area contributed by atoms with Gasteiger partial charge in [-0.05, 0) is 59.7 Å². The van der Waals surface area contributed by atoms with Crippen LogP contribution in [0.1, 0.15) is 19.4 Å². The molecule has 0 atom stereocenters. The molecular weight excluding hydrogens is 388 g/mol. The third-order valence-electron chi connectivity index (χ3n) is 5.88. The lowest BCUT2D eigenvalue weighted by atomic mass is 9.98. The van der Waals surface area contributed by atoms with Crippen molar-refractivity contribution >= 4 is 32.6 Å². The number of aryl methyl sites for hydroxylation is 2. The minimum atomic E-state index is 0. The molecule has 0 aliphatic rings. The van der Waals surface area contributed by atoms with Crippen molar-refractivity contribution in [1.82, 2.24) is 4.57 Å². The molecule has 5 aromatic rings. The second-order valence-corrected chi connectivity index (χ2v) is 8.70. The third kappa shape index (κ3) is 3.46. The van der Waals surface area contributed by atoms with Crippen molar-refractivity contribution in [2.24, 2.45) is 13.0 Å². The number of fused-ring (bicyclic) bond motifs is 4. The molecule has 0 radical (unpaired) electrons. The summed E-state index contributed by atoms with van der Waals surface area (Å²) in [5, 5.41) is 5.22. The molecule has 0 spiro atoms. The maximum Gasteiger partial charge on any atom is 0.212 e. The van der Waals surface area contributed by atoms with Gasteiger partial charge in [0.2, 0.25) is 5.52 Å². The van der Waals surface area contributed by atoms with Gasteiger partial charge >= 0.3 is 0 Å². The highest BCUT2D eigenvalue weighted by Crippen LogP contribution is 2.30. The van der Waals surface area contributed by atoms with E-state index in [1.54, 1.807) is 0 Å². The number of hydrogen-bond acceptors (Lipinski definition) is 0. The standard InChI is InChI=1S/C27H27N2.ClH/c1-18(2)16-29-12-11-20-7-8-22(15-27(20)29)21-9-10-26-25(14-21)24-13-19(3)5-6-23(24)17-28(26)4;/h5-15,17-18H,16H2,1-4H3;1H/q+1;/p-1. The van der Waals surface area contributed by atoms with Crippen LogP contribution in [0.25, 0.3) is 43.7 Å². The normalized spacial score (nSPS) is 11.5. The van der Waals surface area contributed by atoms with Crippen LogP contribution in [-0.4, -0.2) is 4.57 Å². The first-order valence-electron chi connectivity index (χ1n) is 10.4. The van der Waals surface area contributed by atoms with E-state index in [9.17, 15) is 0 Å². The average molecular weight is 415 g/mol. The molecule has 0 aliphatic carbocycles. The largest absolute Gasteiger partial charge is 1.00 e. The van der Waals surface area contributed by atoms with Crippen LogP contribution in [-0.2, 0) is 13.6 Å². The molecule has 0 amide bonds. The van der Waals surface area contributed by atoms with Gasteiger partial charge in [-0.2, -0.15) is 0 Å². The first-order chi connectivity index (χ1) is 14.0. The van der Waals surface area contributed by atoms with Gasteiger partial charge in [0.05, 0.1) is 5.39 Å². The maximum absolute atomic E-state index is 2.38. The Morgan fingerprint density at radius 3 is 2.37 bits per heavy atom. The summed E-state index contributed by atoms with van der Waals surface area (Å²) in [7, 11) is 2.13. The SMILES string of the molecule is Cc1ccc2c[n+](C)c3ccc(-c4ccc5ccn(CC(C)C)c5c4)cc3c2c1.[Cl-]. The number of rotatable bonds is 3. The van der Waals surface area contributed by atoms with Gasteiger partial charge in [0.15, 0.2) is 6.20 Å². The average Bonchev–Trinajstić information content (AvgIpc) is 3.10. The zero-order valence-corrected chi connectivity index (χ0v) is 18.7. The van der Waals surface area contributed by atoms with E-state index >= 15 is 0 Å². The fourth-order valence-corrected chi connectivity index (χ4v) is 4.45. The summed E-state index contributed by atoms with van der Waals surface area (Å²) >= 11 is 0. The first kappa shape index (κ1) is 20.4. The van der Waals surface area contributed by atoms with E-state index in [0.29, 0.717) is 5.92 Å². The van der Waals surface area contributed by atoms with Crippen LogP contribution in [0.3, 0.4) is 0 Å². The van der Waals surface area contributed by atoms with E-state index in [1.165, 1.54) is 49.3 Å². The molecule has 30 heavy (non-hydrogen) atoms. The van der Waals surface area contributed by atoms with Crippen molar-refractivity contribution in [2.75, 3.05) is 0 Å². The highest BCUT2D eigenvalue weighted by molar-refractivity contribution is 6.05. The Balaban J connectivity index is 0.00000218. The van der Waals surface area contributed by atoms with Gasteiger partial charge in [0.1, 0.15) is 7.05 Å². The van der Waals surface area contributed by atoms with Gasteiger partial charge in [-0.3, -0.25) is 0 Å².